The quantitative estimate of drug-likeness (QED) is 0.606. The average molecular weight is 494 g/mol. The fourth-order valence-electron chi connectivity index (χ4n) is 8.23. The van der Waals surface area contributed by atoms with Gasteiger partial charge in [0, 0.05) is 29.1 Å². The number of ketones is 2. The van der Waals surface area contributed by atoms with Crippen LogP contribution in [0.1, 0.15) is 52.0 Å². The number of allylic oxidation sites excluding steroid dienone is 4. The Morgan fingerprint density at radius 2 is 2.06 bits per heavy atom. The molecule has 3 fully saturated rings. The second-order valence-electron chi connectivity index (χ2n) is 11.7. The summed E-state index contributed by atoms with van der Waals surface area (Å²) >= 11 is 0. The molecule has 4 aliphatic carbocycles. The van der Waals surface area contributed by atoms with E-state index in [2.05, 4.69) is 11.9 Å². The molecule has 0 bridgehead atoms. The van der Waals surface area contributed by atoms with Crippen molar-refractivity contribution in [3.63, 3.8) is 0 Å². The Labute approximate surface area is 211 Å². The summed E-state index contributed by atoms with van der Waals surface area (Å²) in [6.07, 6.45) is 10.2. The Kier molecular flexibility index (Phi) is 6.07. The third-order valence-corrected chi connectivity index (χ3v) is 9.94. The van der Waals surface area contributed by atoms with Gasteiger partial charge < -0.3 is 14.9 Å². The second kappa shape index (κ2) is 8.73. The first kappa shape index (κ1) is 25.0. The minimum absolute atomic E-state index is 0.00190. The highest BCUT2D eigenvalue weighted by atomic mass is 16.5. The summed E-state index contributed by atoms with van der Waals surface area (Å²) < 4.78 is 5.30. The molecule has 3 saturated carbocycles. The molecule has 36 heavy (non-hydrogen) atoms. The van der Waals surface area contributed by atoms with Crippen LogP contribution >= 0.6 is 0 Å². The van der Waals surface area contributed by atoms with Gasteiger partial charge in [0.1, 0.15) is 5.60 Å². The van der Waals surface area contributed by atoms with Crippen LogP contribution in [-0.4, -0.2) is 51.0 Å². The Balaban J connectivity index is 1.36. The van der Waals surface area contributed by atoms with Gasteiger partial charge in [-0.25, -0.2) is 0 Å². The number of carbonyl (C=O) groups is 3. The maximum Gasteiger partial charge on any atom is 0.310 e. The van der Waals surface area contributed by atoms with Gasteiger partial charge in [0.15, 0.2) is 12.4 Å². The molecule has 0 aromatic carbocycles. The van der Waals surface area contributed by atoms with Crippen LogP contribution in [0.4, 0.5) is 0 Å². The van der Waals surface area contributed by atoms with Crippen molar-refractivity contribution in [2.75, 3.05) is 6.61 Å². The number of aliphatic hydroxyl groups excluding tert-OH is 1. The minimum atomic E-state index is -1.70. The largest absolute Gasteiger partial charge is 0.457 e. The van der Waals surface area contributed by atoms with Crippen LogP contribution < -0.4 is 0 Å². The number of hydrogen-bond donors (Lipinski definition) is 2. The molecule has 7 heteroatoms. The molecule has 4 aliphatic rings. The number of hydrogen-bond acceptors (Lipinski definition) is 7. The van der Waals surface area contributed by atoms with Crippen LogP contribution in [0.5, 0.6) is 0 Å². The lowest BCUT2D eigenvalue weighted by Gasteiger charge is -2.59. The molecule has 5 unspecified atom stereocenters. The lowest BCUT2D eigenvalue weighted by Crippen LogP contribution is -2.62. The van der Waals surface area contributed by atoms with Crippen molar-refractivity contribution in [2.45, 2.75) is 64.6 Å². The molecule has 0 saturated heterocycles. The van der Waals surface area contributed by atoms with Gasteiger partial charge in [-0.15, -0.1) is 0 Å². The fraction of sp³-hybridized carbons (Fsp3) is 0.586. The second-order valence-corrected chi connectivity index (χ2v) is 11.7. The smallest absolute Gasteiger partial charge is 0.310 e. The Morgan fingerprint density at radius 1 is 1.28 bits per heavy atom. The Morgan fingerprint density at radius 3 is 2.78 bits per heavy atom. The van der Waals surface area contributed by atoms with Crippen LogP contribution in [0.15, 0.2) is 48.3 Å². The topological polar surface area (TPSA) is 114 Å². The predicted octanol–water partition coefficient (Wildman–Crippen LogP) is 2.99. The normalized spacial score (nSPS) is 41.1. The number of aromatic nitrogens is 1. The molecule has 0 radical (unpaired) electrons. The lowest BCUT2D eigenvalue weighted by molar-refractivity contribution is -0.186. The van der Waals surface area contributed by atoms with E-state index in [9.17, 15) is 24.6 Å². The van der Waals surface area contributed by atoms with Gasteiger partial charge in [-0.05, 0) is 67.2 Å². The zero-order valence-corrected chi connectivity index (χ0v) is 21.1. The van der Waals surface area contributed by atoms with Crippen molar-refractivity contribution < 1.29 is 29.3 Å². The first-order chi connectivity index (χ1) is 17.0. The average Bonchev–Trinajstić information content (AvgIpc) is 3.04. The van der Waals surface area contributed by atoms with E-state index in [1.807, 2.05) is 19.9 Å². The number of Topliss-reactive ketones (excluding diaryl/α,β-unsaturated/α-hetero) is 1. The van der Waals surface area contributed by atoms with E-state index in [1.54, 1.807) is 36.7 Å². The molecule has 1 heterocycles. The van der Waals surface area contributed by atoms with E-state index < -0.39 is 40.9 Å². The van der Waals surface area contributed by atoms with Crippen molar-refractivity contribution >= 4 is 17.5 Å². The summed E-state index contributed by atoms with van der Waals surface area (Å²) in [6, 6.07) is 3.49. The van der Waals surface area contributed by atoms with Crippen molar-refractivity contribution in [2.24, 2.45) is 34.5 Å². The van der Waals surface area contributed by atoms with Crippen molar-refractivity contribution in [3.05, 3.63) is 53.9 Å². The van der Waals surface area contributed by atoms with E-state index in [-0.39, 0.29) is 42.3 Å². The van der Waals surface area contributed by atoms with Gasteiger partial charge in [-0.3, -0.25) is 19.4 Å². The molecule has 0 amide bonds. The van der Waals surface area contributed by atoms with E-state index in [0.29, 0.717) is 12.0 Å². The predicted molar refractivity (Wildman–Crippen MR) is 131 cm³/mol. The number of esters is 1. The minimum Gasteiger partial charge on any atom is -0.457 e. The number of rotatable bonds is 5. The van der Waals surface area contributed by atoms with Gasteiger partial charge in [0.25, 0.3) is 0 Å². The fourth-order valence-corrected chi connectivity index (χ4v) is 8.23. The maximum absolute atomic E-state index is 13.5. The highest BCUT2D eigenvalue weighted by Gasteiger charge is 2.70. The van der Waals surface area contributed by atoms with Gasteiger partial charge in [0.2, 0.25) is 5.78 Å². The molecule has 192 valence electrons. The lowest BCUT2D eigenvalue weighted by atomic mass is 9.46. The van der Waals surface area contributed by atoms with Crippen LogP contribution in [0.25, 0.3) is 0 Å². The number of fused-ring (bicyclic) bond motifs is 5. The highest BCUT2D eigenvalue weighted by molar-refractivity contribution is 6.01. The Hall–Kier alpha value is -2.64. The van der Waals surface area contributed by atoms with Crippen LogP contribution in [0.2, 0.25) is 0 Å². The van der Waals surface area contributed by atoms with Crippen molar-refractivity contribution in [1.29, 1.82) is 0 Å². The van der Waals surface area contributed by atoms with E-state index in [0.717, 1.165) is 18.4 Å². The molecule has 7 nitrogen and oxygen atoms in total. The summed E-state index contributed by atoms with van der Waals surface area (Å²) in [5.74, 6) is -1.34. The molecule has 2 N–H and O–H groups in total. The van der Waals surface area contributed by atoms with Crippen molar-refractivity contribution in [1.82, 2.24) is 4.98 Å². The SMILES string of the molecule is C[C@@H]1CC2C3CCC4=CC(=O)C=CC4(C)C3[C@@H](O)CC2(C)[C@@]1(O)C(=O)COC(=O)Cc1cccnc1. The summed E-state index contributed by atoms with van der Waals surface area (Å²) in [7, 11) is 0. The number of nitrogens with zero attached hydrogens (tertiary/aromatic N) is 1. The molecule has 1 aromatic rings. The molecule has 1 aromatic heterocycles. The summed E-state index contributed by atoms with van der Waals surface area (Å²) in [5.41, 5.74) is -1.20. The van der Waals surface area contributed by atoms with E-state index in [4.69, 9.17) is 4.74 Å². The standard InChI is InChI=1S/C29H35NO6/c1-17-11-22-21-7-6-19-13-20(31)8-9-27(19,2)26(21)23(32)14-28(22,3)29(17,35)24(33)16-36-25(34)12-18-5-4-10-30-15-18/h4-5,8-10,13,15,17,21-23,26,32,35H,6-7,11-12,14,16H2,1-3H3/t17-,21?,22?,23+,26?,27?,28?,29+/m1/s1. The van der Waals surface area contributed by atoms with E-state index in [1.165, 1.54) is 0 Å². The van der Waals surface area contributed by atoms with Crippen molar-refractivity contribution in [3.8, 4) is 0 Å². The van der Waals surface area contributed by atoms with Gasteiger partial charge in [-0.1, -0.05) is 38.5 Å². The highest BCUT2D eigenvalue weighted by Crippen LogP contribution is 2.68. The Bertz CT molecular complexity index is 1140. The monoisotopic (exact) mass is 493 g/mol. The zero-order chi connectivity index (χ0) is 25.9. The molecule has 0 aliphatic heterocycles. The summed E-state index contributed by atoms with van der Waals surface area (Å²) in [5, 5.41) is 23.5. The third kappa shape index (κ3) is 3.62. The molecule has 5 rings (SSSR count). The van der Waals surface area contributed by atoms with E-state index >= 15 is 0 Å². The van der Waals surface area contributed by atoms with Gasteiger partial charge in [-0.2, -0.15) is 0 Å². The summed E-state index contributed by atoms with van der Waals surface area (Å²) in [6.45, 7) is 5.41. The maximum atomic E-state index is 13.5. The summed E-state index contributed by atoms with van der Waals surface area (Å²) in [4.78, 5) is 41.9. The first-order valence-electron chi connectivity index (χ1n) is 12.9. The molecule has 8 atom stereocenters. The van der Waals surface area contributed by atoms with Crippen LogP contribution in [0.3, 0.4) is 0 Å². The number of pyridine rings is 1. The number of carbonyl (C=O) groups excluding carboxylic acids is 3. The molecular formula is C29H35NO6. The molecule has 0 spiro atoms. The number of ether oxygens (including phenoxy) is 1. The number of aliphatic hydroxyl groups is 2. The van der Waals surface area contributed by atoms with Gasteiger partial charge in [0.05, 0.1) is 12.5 Å². The first-order valence-corrected chi connectivity index (χ1v) is 12.9. The zero-order valence-electron chi connectivity index (χ0n) is 21.1. The third-order valence-electron chi connectivity index (χ3n) is 9.94. The van der Waals surface area contributed by atoms with Crippen LogP contribution in [-0.2, 0) is 25.5 Å². The molecular weight excluding hydrogens is 458 g/mol. The van der Waals surface area contributed by atoms with Gasteiger partial charge >= 0.3 is 5.97 Å². The van der Waals surface area contributed by atoms with Crippen LogP contribution in [0, 0.1) is 34.5 Å².